The van der Waals surface area contributed by atoms with Crippen molar-refractivity contribution in [2.24, 2.45) is 11.8 Å². The molecule has 0 saturated carbocycles. The predicted molar refractivity (Wildman–Crippen MR) is 114 cm³/mol. The molecule has 1 aliphatic rings. The van der Waals surface area contributed by atoms with E-state index in [1.807, 2.05) is 17.0 Å². The van der Waals surface area contributed by atoms with Crippen LogP contribution in [-0.2, 0) is 9.63 Å². The first kappa shape index (κ1) is 22.5. The summed E-state index contributed by atoms with van der Waals surface area (Å²) in [4.78, 5) is 22.9. The molecule has 6 nitrogen and oxygen atoms in total. The molecule has 1 aromatic carbocycles. The van der Waals surface area contributed by atoms with Crippen molar-refractivity contribution in [1.82, 2.24) is 10.4 Å². The van der Waals surface area contributed by atoms with Crippen molar-refractivity contribution in [2.75, 3.05) is 51.3 Å². The number of nitrogens with zero attached hydrogens (tertiary/aromatic N) is 2. The number of carbonyl (C=O) groups excluding carboxylic acids is 1. The number of carbonyl (C=O) groups is 1. The Morgan fingerprint density at radius 1 is 1.14 bits per heavy atom. The van der Waals surface area contributed by atoms with Gasteiger partial charge in [-0.1, -0.05) is 27.2 Å². The second-order valence-corrected chi connectivity index (χ2v) is 7.89. The topological polar surface area (TPSA) is 54.0 Å². The normalized spacial score (nSPS) is 15.8. The van der Waals surface area contributed by atoms with Gasteiger partial charge in [-0.05, 0) is 43.0 Å². The van der Waals surface area contributed by atoms with Gasteiger partial charge in [0, 0.05) is 38.4 Å². The minimum atomic E-state index is -0.0332. The molecule has 1 atom stereocenters. The fourth-order valence-corrected chi connectivity index (χ4v) is 3.52. The van der Waals surface area contributed by atoms with Crippen molar-refractivity contribution in [2.45, 2.75) is 40.0 Å². The molecule has 1 saturated heterocycles. The SMILES string of the molecule is CCCCONC[C@H](CC(C)C)C(=O)N1CCN(c2ccc(OC)cc2)CC1. The monoisotopic (exact) mass is 391 g/mol. The highest BCUT2D eigenvalue weighted by atomic mass is 16.6. The first-order valence-corrected chi connectivity index (χ1v) is 10.6. The van der Waals surface area contributed by atoms with Crippen LogP contribution in [0.25, 0.3) is 0 Å². The fourth-order valence-electron chi connectivity index (χ4n) is 3.52. The molecule has 158 valence electrons. The summed E-state index contributed by atoms with van der Waals surface area (Å²) in [6.45, 7) is 11.0. The maximum atomic E-state index is 13.1. The van der Waals surface area contributed by atoms with Crippen molar-refractivity contribution < 1.29 is 14.4 Å². The Kier molecular flexibility index (Phi) is 9.58. The van der Waals surface area contributed by atoms with Gasteiger partial charge in [-0.2, -0.15) is 0 Å². The Morgan fingerprint density at radius 3 is 2.39 bits per heavy atom. The number of piperazine rings is 1. The molecule has 0 radical (unpaired) electrons. The lowest BCUT2D eigenvalue weighted by Gasteiger charge is -2.38. The van der Waals surface area contributed by atoms with Crippen LogP contribution >= 0.6 is 0 Å². The van der Waals surface area contributed by atoms with Gasteiger partial charge in [-0.25, -0.2) is 5.48 Å². The van der Waals surface area contributed by atoms with E-state index >= 15 is 0 Å². The van der Waals surface area contributed by atoms with Gasteiger partial charge in [0.1, 0.15) is 5.75 Å². The summed E-state index contributed by atoms with van der Waals surface area (Å²) >= 11 is 0. The molecule has 6 heteroatoms. The quantitative estimate of drug-likeness (QED) is 0.463. The van der Waals surface area contributed by atoms with Crippen molar-refractivity contribution in [1.29, 1.82) is 0 Å². The van der Waals surface area contributed by atoms with Gasteiger partial charge in [0.05, 0.1) is 19.6 Å². The van der Waals surface area contributed by atoms with Crippen LogP contribution in [0.3, 0.4) is 0 Å². The van der Waals surface area contributed by atoms with E-state index in [2.05, 4.69) is 43.3 Å². The van der Waals surface area contributed by atoms with E-state index < -0.39 is 0 Å². The van der Waals surface area contributed by atoms with Gasteiger partial charge in [0.2, 0.25) is 5.91 Å². The van der Waals surface area contributed by atoms with Gasteiger partial charge in [-0.3, -0.25) is 4.79 Å². The lowest BCUT2D eigenvalue weighted by molar-refractivity contribution is -0.137. The first-order chi connectivity index (χ1) is 13.5. The summed E-state index contributed by atoms with van der Waals surface area (Å²) < 4.78 is 5.23. The summed E-state index contributed by atoms with van der Waals surface area (Å²) in [6, 6.07) is 8.12. The second-order valence-electron chi connectivity index (χ2n) is 7.89. The molecular formula is C22H37N3O3. The number of ether oxygens (including phenoxy) is 1. The number of anilines is 1. The maximum absolute atomic E-state index is 13.1. The van der Waals surface area contributed by atoms with Crippen LogP contribution < -0.4 is 15.1 Å². The van der Waals surface area contributed by atoms with Crippen LogP contribution in [0, 0.1) is 11.8 Å². The smallest absolute Gasteiger partial charge is 0.227 e. The Labute approximate surface area is 170 Å². The van der Waals surface area contributed by atoms with E-state index in [0.717, 1.165) is 51.2 Å². The minimum absolute atomic E-state index is 0.0332. The molecule has 0 unspecified atom stereocenters. The standard InChI is InChI=1S/C22H37N3O3/c1-5-6-15-28-23-17-19(16-18(2)3)22(26)25-13-11-24(12-14-25)20-7-9-21(27-4)10-8-20/h7-10,18-19,23H,5-6,11-17H2,1-4H3/t19-/m0/s1. The van der Waals surface area contributed by atoms with Crippen LogP contribution in [-0.4, -0.2) is 57.2 Å². The molecule has 0 spiro atoms. The Morgan fingerprint density at radius 2 is 1.82 bits per heavy atom. The highest BCUT2D eigenvalue weighted by Crippen LogP contribution is 2.22. The number of nitrogens with one attached hydrogen (secondary N) is 1. The average molecular weight is 392 g/mol. The van der Waals surface area contributed by atoms with Gasteiger partial charge in [0.15, 0.2) is 0 Å². The van der Waals surface area contributed by atoms with Gasteiger partial charge in [-0.15, -0.1) is 0 Å². The van der Waals surface area contributed by atoms with Crippen LogP contribution in [0.1, 0.15) is 40.0 Å². The molecule has 28 heavy (non-hydrogen) atoms. The van der Waals surface area contributed by atoms with E-state index in [1.54, 1.807) is 7.11 Å². The molecular weight excluding hydrogens is 354 g/mol. The van der Waals surface area contributed by atoms with E-state index in [0.29, 0.717) is 19.1 Å². The zero-order valence-electron chi connectivity index (χ0n) is 17.9. The van der Waals surface area contributed by atoms with Gasteiger partial charge in [0.25, 0.3) is 0 Å². The molecule has 0 bridgehead atoms. The molecule has 1 aromatic rings. The number of unbranched alkanes of at least 4 members (excludes halogenated alkanes) is 1. The highest BCUT2D eigenvalue weighted by molar-refractivity contribution is 5.79. The number of amides is 1. The Balaban J connectivity index is 1.85. The Hall–Kier alpha value is -1.79. The van der Waals surface area contributed by atoms with E-state index in [4.69, 9.17) is 9.57 Å². The average Bonchev–Trinajstić information content (AvgIpc) is 2.72. The van der Waals surface area contributed by atoms with E-state index in [1.165, 1.54) is 5.69 Å². The van der Waals surface area contributed by atoms with Crippen LogP contribution in [0.2, 0.25) is 0 Å². The molecule has 1 heterocycles. The van der Waals surface area contributed by atoms with Crippen molar-refractivity contribution in [3.63, 3.8) is 0 Å². The second kappa shape index (κ2) is 11.9. The van der Waals surface area contributed by atoms with Crippen molar-refractivity contribution in [3.05, 3.63) is 24.3 Å². The summed E-state index contributed by atoms with van der Waals surface area (Å²) in [5.74, 6) is 1.55. The van der Waals surface area contributed by atoms with Crippen LogP contribution in [0.5, 0.6) is 5.75 Å². The lowest BCUT2D eigenvalue weighted by atomic mass is 9.95. The highest BCUT2D eigenvalue weighted by Gasteiger charge is 2.28. The first-order valence-electron chi connectivity index (χ1n) is 10.6. The predicted octanol–water partition coefficient (Wildman–Crippen LogP) is 3.33. The number of rotatable bonds is 11. The zero-order valence-corrected chi connectivity index (χ0v) is 17.9. The third-order valence-electron chi connectivity index (χ3n) is 5.17. The van der Waals surface area contributed by atoms with Crippen LogP contribution in [0.15, 0.2) is 24.3 Å². The van der Waals surface area contributed by atoms with Crippen LogP contribution in [0.4, 0.5) is 5.69 Å². The summed E-state index contributed by atoms with van der Waals surface area (Å²) in [6.07, 6.45) is 3.01. The number of methoxy groups -OCH3 is 1. The summed E-state index contributed by atoms with van der Waals surface area (Å²) in [7, 11) is 1.68. The largest absolute Gasteiger partial charge is 0.497 e. The van der Waals surface area contributed by atoms with E-state index in [9.17, 15) is 4.79 Å². The number of hydroxylamine groups is 1. The maximum Gasteiger partial charge on any atom is 0.227 e. The summed E-state index contributed by atoms with van der Waals surface area (Å²) in [5.41, 5.74) is 4.20. The molecule has 1 amide bonds. The third kappa shape index (κ3) is 6.99. The fraction of sp³-hybridized carbons (Fsp3) is 0.682. The van der Waals surface area contributed by atoms with Gasteiger partial charge >= 0.3 is 0 Å². The number of hydrogen-bond donors (Lipinski definition) is 1. The molecule has 1 N–H and O–H groups in total. The third-order valence-corrected chi connectivity index (χ3v) is 5.17. The Bertz CT molecular complexity index is 569. The van der Waals surface area contributed by atoms with Gasteiger partial charge < -0.3 is 19.4 Å². The lowest BCUT2D eigenvalue weighted by Crippen LogP contribution is -2.51. The van der Waals surface area contributed by atoms with Crippen molar-refractivity contribution >= 4 is 11.6 Å². The molecule has 0 aliphatic carbocycles. The summed E-state index contributed by atoms with van der Waals surface area (Å²) in [5, 5.41) is 0. The molecule has 1 aliphatic heterocycles. The molecule has 2 rings (SSSR count). The van der Waals surface area contributed by atoms with Crippen molar-refractivity contribution in [3.8, 4) is 5.75 Å². The minimum Gasteiger partial charge on any atom is -0.497 e. The zero-order chi connectivity index (χ0) is 20.4. The number of hydrogen-bond acceptors (Lipinski definition) is 5. The molecule has 1 fully saturated rings. The number of benzene rings is 1. The van der Waals surface area contributed by atoms with E-state index in [-0.39, 0.29) is 11.8 Å². The molecule has 0 aromatic heterocycles.